The highest BCUT2D eigenvalue weighted by Crippen LogP contribution is 2.17. The van der Waals surface area contributed by atoms with Gasteiger partial charge in [0, 0.05) is 49.8 Å². The summed E-state index contributed by atoms with van der Waals surface area (Å²) >= 11 is 1.68. The zero-order valence-electron chi connectivity index (χ0n) is 15.2. The van der Waals surface area contributed by atoms with Crippen LogP contribution in [-0.2, 0) is 4.79 Å². The second-order valence-electron chi connectivity index (χ2n) is 5.83. The van der Waals surface area contributed by atoms with E-state index in [9.17, 15) is 9.18 Å². The molecule has 1 amide bonds. The van der Waals surface area contributed by atoms with E-state index in [0.29, 0.717) is 13.0 Å². The van der Waals surface area contributed by atoms with Crippen molar-refractivity contribution < 1.29 is 9.18 Å². The van der Waals surface area contributed by atoms with Crippen LogP contribution in [0.3, 0.4) is 0 Å². The van der Waals surface area contributed by atoms with Gasteiger partial charge in [0.25, 0.3) is 0 Å². The molecule has 146 valence electrons. The molecule has 2 rings (SSSR count). The van der Waals surface area contributed by atoms with Gasteiger partial charge in [0.1, 0.15) is 5.82 Å². The first-order valence-corrected chi connectivity index (χ1v) is 9.86. The molecule has 1 aliphatic rings. The Kier molecular flexibility index (Phi) is 11.7. The molecule has 1 aromatic rings. The molecule has 8 heteroatoms. The quantitative estimate of drug-likeness (QED) is 0.182. The SMILES string of the molecule is CCNC(=NCCCN1CCCC1=O)NCCSc1ccc(F)cc1.I. The molecular formula is C18H28FIN4OS. The third-order valence-electron chi connectivity index (χ3n) is 3.85. The van der Waals surface area contributed by atoms with Gasteiger partial charge in [0.15, 0.2) is 5.96 Å². The van der Waals surface area contributed by atoms with E-state index in [-0.39, 0.29) is 35.7 Å². The Balaban J connectivity index is 0.00000338. The average molecular weight is 494 g/mol. The van der Waals surface area contributed by atoms with Crippen molar-refractivity contribution in [1.82, 2.24) is 15.5 Å². The molecule has 5 nitrogen and oxygen atoms in total. The third-order valence-corrected chi connectivity index (χ3v) is 4.86. The van der Waals surface area contributed by atoms with Crippen molar-refractivity contribution in [2.45, 2.75) is 31.1 Å². The number of hydrogen-bond acceptors (Lipinski definition) is 3. The van der Waals surface area contributed by atoms with Gasteiger partial charge in [-0.2, -0.15) is 0 Å². The van der Waals surface area contributed by atoms with E-state index in [1.54, 1.807) is 23.9 Å². The number of guanidine groups is 1. The highest BCUT2D eigenvalue weighted by atomic mass is 127. The zero-order valence-corrected chi connectivity index (χ0v) is 18.3. The molecule has 0 saturated carbocycles. The van der Waals surface area contributed by atoms with Gasteiger partial charge in [0.05, 0.1) is 0 Å². The largest absolute Gasteiger partial charge is 0.357 e. The minimum absolute atomic E-state index is 0. The first-order valence-electron chi connectivity index (χ1n) is 8.87. The summed E-state index contributed by atoms with van der Waals surface area (Å²) in [7, 11) is 0. The van der Waals surface area contributed by atoms with Crippen LogP contribution < -0.4 is 10.6 Å². The summed E-state index contributed by atoms with van der Waals surface area (Å²) in [5.41, 5.74) is 0. The second kappa shape index (κ2) is 13.2. The molecule has 1 aromatic carbocycles. The number of halogens is 2. The van der Waals surface area contributed by atoms with Crippen LogP contribution >= 0.6 is 35.7 Å². The van der Waals surface area contributed by atoms with Gasteiger partial charge >= 0.3 is 0 Å². The number of benzene rings is 1. The van der Waals surface area contributed by atoms with E-state index in [2.05, 4.69) is 15.6 Å². The van der Waals surface area contributed by atoms with Crippen molar-refractivity contribution in [1.29, 1.82) is 0 Å². The highest BCUT2D eigenvalue weighted by molar-refractivity contribution is 14.0. The van der Waals surface area contributed by atoms with E-state index >= 15 is 0 Å². The van der Waals surface area contributed by atoms with Crippen LogP contribution in [0.15, 0.2) is 34.2 Å². The Hall–Kier alpha value is -1.03. The van der Waals surface area contributed by atoms with Crippen molar-refractivity contribution in [3.63, 3.8) is 0 Å². The van der Waals surface area contributed by atoms with Crippen LogP contribution in [0.4, 0.5) is 4.39 Å². The van der Waals surface area contributed by atoms with Gasteiger partial charge < -0.3 is 15.5 Å². The number of rotatable bonds is 9. The summed E-state index contributed by atoms with van der Waals surface area (Å²) in [6, 6.07) is 6.54. The highest BCUT2D eigenvalue weighted by Gasteiger charge is 2.18. The number of carbonyl (C=O) groups excluding carboxylic acids is 1. The molecule has 1 fully saturated rings. The minimum atomic E-state index is -0.209. The Morgan fingerprint density at radius 2 is 2.08 bits per heavy atom. The number of likely N-dealkylation sites (tertiary alicyclic amines) is 1. The van der Waals surface area contributed by atoms with Gasteiger partial charge in [-0.3, -0.25) is 9.79 Å². The van der Waals surface area contributed by atoms with E-state index in [1.165, 1.54) is 12.1 Å². The molecule has 0 spiro atoms. The molecule has 0 radical (unpaired) electrons. The maximum Gasteiger partial charge on any atom is 0.222 e. The average Bonchev–Trinajstić information content (AvgIpc) is 3.02. The van der Waals surface area contributed by atoms with E-state index in [1.807, 2.05) is 11.8 Å². The number of nitrogens with zero attached hydrogens (tertiary/aromatic N) is 2. The molecule has 2 N–H and O–H groups in total. The summed E-state index contributed by atoms with van der Waals surface area (Å²) in [5.74, 6) is 1.74. The number of amides is 1. The molecular weight excluding hydrogens is 466 g/mol. The van der Waals surface area contributed by atoms with Crippen LogP contribution in [0.25, 0.3) is 0 Å². The maximum atomic E-state index is 12.9. The zero-order chi connectivity index (χ0) is 17.9. The molecule has 1 saturated heterocycles. The van der Waals surface area contributed by atoms with Crippen LogP contribution in [-0.4, -0.2) is 55.2 Å². The summed E-state index contributed by atoms with van der Waals surface area (Å²) in [6.07, 6.45) is 2.56. The molecule has 1 heterocycles. The fraction of sp³-hybridized carbons (Fsp3) is 0.556. The summed E-state index contributed by atoms with van der Waals surface area (Å²) in [4.78, 5) is 19.1. The topological polar surface area (TPSA) is 56.7 Å². The van der Waals surface area contributed by atoms with Crippen molar-refractivity contribution in [2.24, 2.45) is 4.99 Å². The van der Waals surface area contributed by atoms with E-state index < -0.39 is 0 Å². The van der Waals surface area contributed by atoms with Gasteiger partial charge in [-0.1, -0.05) is 0 Å². The number of nitrogens with one attached hydrogen (secondary N) is 2. The first kappa shape index (κ1) is 23.0. The molecule has 1 aliphatic heterocycles. The fourth-order valence-electron chi connectivity index (χ4n) is 2.60. The molecule has 0 atom stereocenters. The lowest BCUT2D eigenvalue weighted by atomic mass is 10.4. The summed E-state index contributed by atoms with van der Waals surface area (Å²) in [6.45, 7) is 6.00. The second-order valence-corrected chi connectivity index (χ2v) is 7.00. The van der Waals surface area contributed by atoms with Crippen molar-refractivity contribution >= 4 is 47.6 Å². The van der Waals surface area contributed by atoms with Crippen LogP contribution in [0.1, 0.15) is 26.2 Å². The summed E-state index contributed by atoms with van der Waals surface area (Å²) in [5, 5.41) is 6.53. The Bertz CT molecular complexity index is 571. The monoisotopic (exact) mass is 494 g/mol. The summed E-state index contributed by atoms with van der Waals surface area (Å²) < 4.78 is 12.9. The normalized spacial score (nSPS) is 14.3. The van der Waals surface area contributed by atoms with Gasteiger partial charge in [-0.15, -0.1) is 35.7 Å². The van der Waals surface area contributed by atoms with Crippen LogP contribution in [0.5, 0.6) is 0 Å². The van der Waals surface area contributed by atoms with Crippen molar-refractivity contribution in [3.05, 3.63) is 30.1 Å². The smallest absolute Gasteiger partial charge is 0.222 e. The Morgan fingerprint density at radius 3 is 2.73 bits per heavy atom. The predicted molar refractivity (Wildman–Crippen MR) is 117 cm³/mol. The van der Waals surface area contributed by atoms with Gasteiger partial charge in [-0.05, 0) is 44.0 Å². The van der Waals surface area contributed by atoms with Crippen LogP contribution in [0.2, 0.25) is 0 Å². The lowest BCUT2D eigenvalue weighted by molar-refractivity contribution is -0.127. The van der Waals surface area contributed by atoms with Crippen molar-refractivity contribution in [2.75, 3.05) is 38.5 Å². The van der Waals surface area contributed by atoms with Gasteiger partial charge in [0.2, 0.25) is 5.91 Å². The Labute approximate surface area is 176 Å². The standard InChI is InChI=1S/C18H27FN4OS.HI/c1-2-20-18(21-10-4-13-23-12-3-5-17(23)24)22-11-14-25-16-8-6-15(19)7-9-16;/h6-9H,2-5,10-14H2,1H3,(H2,20,21,22);1H. The first-order chi connectivity index (χ1) is 12.2. The third kappa shape index (κ3) is 8.57. The molecule has 26 heavy (non-hydrogen) atoms. The van der Waals surface area contributed by atoms with Crippen LogP contribution in [0, 0.1) is 5.82 Å². The Morgan fingerprint density at radius 1 is 1.31 bits per heavy atom. The molecule has 0 aliphatic carbocycles. The lowest BCUT2D eigenvalue weighted by Gasteiger charge is -2.15. The number of carbonyl (C=O) groups is 1. The fourth-order valence-corrected chi connectivity index (χ4v) is 3.37. The van der Waals surface area contributed by atoms with Crippen molar-refractivity contribution in [3.8, 4) is 0 Å². The number of hydrogen-bond donors (Lipinski definition) is 2. The molecule has 0 unspecified atom stereocenters. The van der Waals surface area contributed by atoms with Gasteiger partial charge in [-0.25, -0.2) is 4.39 Å². The maximum absolute atomic E-state index is 12.9. The van der Waals surface area contributed by atoms with E-state index in [0.717, 1.165) is 55.6 Å². The predicted octanol–water partition coefficient (Wildman–Crippen LogP) is 3.10. The number of thioether (sulfide) groups is 1. The minimum Gasteiger partial charge on any atom is -0.357 e. The lowest BCUT2D eigenvalue weighted by Crippen LogP contribution is -2.38. The van der Waals surface area contributed by atoms with E-state index in [4.69, 9.17) is 0 Å². The number of aliphatic imine (C=N–C) groups is 1. The molecule has 0 bridgehead atoms. The molecule has 0 aromatic heterocycles.